The molecule has 0 saturated heterocycles. The molecule has 3 aromatic rings. The van der Waals surface area contributed by atoms with Gasteiger partial charge in [-0.3, -0.25) is 9.20 Å². The van der Waals surface area contributed by atoms with Crippen molar-refractivity contribution in [2.75, 3.05) is 0 Å². The lowest BCUT2D eigenvalue weighted by molar-refractivity contribution is -0.158. The summed E-state index contributed by atoms with van der Waals surface area (Å²) < 4.78 is 45.4. The fourth-order valence-electron chi connectivity index (χ4n) is 3.07. The van der Waals surface area contributed by atoms with Crippen molar-refractivity contribution in [2.45, 2.75) is 38.9 Å². The highest BCUT2D eigenvalue weighted by Gasteiger charge is 2.50. The number of aryl methyl sites for hydroxylation is 2. The Morgan fingerprint density at radius 1 is 1.37 bits per heavy atom. The zero-order valence-corrected chi connectivity index (χ0v) is 15.4. The van der Waals surface area contributed by atoms with Gasteiger partial charge in [-0.15, -0.1) is 0 Å². The van der Waals surface area contributed by atoms with Gasteiger partial charge >= 0.3 is 6.18 Å². The second-order valence-electron chi connectivity index (χ2n) is 6.70. The van der Waals surface area contributed by atoms with Gasteiger partial charge in [-0.2, -0.15) is 13.2 Å². The maximum absolute atomic E-state index is 13.2. The number of hydrogen-bond acceptors (Lipinski definition) is 5. The monoisotopic (exact) mass is 395 g/mol. The van der Waals surface area contributed by atoms with Crippen molar-refractivity contribution in [3.05, 3.63) is 34.9 Å². The van der Waals surface area contributed by atoms with E-state index in [1.807, 2.05) is 19.9 Å². The molecule has 4 rings (SSSR count). The van der Waals surface area contributed by atoms with Crippen LogP contribution in [-0.4, -0.2) is 36.9 Å². The summed E-state index contributed by atoms with van der Waals surface area (Å²) >= 11 is 1.33. The zero-order valence-electron chi connectivity index (χ0n) is 14.5. The largest absolute Gasteiger partial charge is 0.408 e. The molecule has 0 aliphatic heterocycles. The second kappa shape index (κ2) is 6.29. The fraction of sp³-hybridized carbons (Fsp3) is 0.412. The summed E-state index contributed by atoms with van der Waals surface area (Å²) in [4.78, 5) is 22.0. The molecule has 1 atom stereocenters. The first-order chi connectivity index (χ1) is 12.8. The van der Waals surface area contributed by atoms with Crippen molar-refractivity contribution in [3.8, 4) is 11.3 Å². The molecule has 1 aliphatic rings. The number of nitrogens with zero attached hydrogens (tertiary/aromatic N) is 4. The van der Waals surface area contributed by atoms with E-state index in [-0.39, 0.29) is 11.3 Å². The number of alkyl halides is 3. The number of nitrogens with one attached hydrogen (secondary N) is 1. The van der Waals surface area contributed by atoms with Crippen LogP contribution in [0.15, 0.2) is 18.6 Å². The first-order valence-corrected chi connectivity index (χ1v) is 9.17. The van der Waals surface area contributed by atoms with Crippen molar-refractivity contribution in [1.29, 1.82) is 0 Å². The summed E-state index contributed by atoms with van der Waals surface area (Å²) in [5.41, 5.74) is 2.31. The standard InChI is InChI=1S/C17H16F3N5OS/c1-8-5-12(11-6-22-27-9(11)2)23-15-13(21-7-25(8)15)16(26)24-14(10-3-4-10)17(18,19)20/h5-7,10,14H,3-4H2,1-2H3,(H,24,26)/t14-/m1/s1. The predicted molar refractivity (Wildman–Crippen MR) is 93.6 cm³/mol. The summed E-state index contributed by atoms with van der Waals surface area (Å²) in [6.45, 7) is 3.72. The number of hydrogen-bond donors (Lipinski definition) is 1. The van der Waals surface area contributed by atoms with Gasteiger partial charge in [-0.1, -0.05) is 0 Å². The summed E-state index contributed by atoms with van der Waals surface area (Å²) in [5, 5.41) is 2.11. The normalized spacial score (nSPS) is 15.9. The number of rotatable bonds is 4. The van der Waals surface area contributed by atoms with Crippen LogP contribution in [-0.2, 0) is 0 Å². The highest BCUT2D eigenvalue weighted by molar-refractivity contribution is 7.06. The molecule has 10 heteroatoms. The van der Waals surface area contributed by atoms with Crippen LogP contribution in [0.5, 0.6) is 0 Å². The molecule has 0 spiro atoms. The van der Waals surface area contributed by atoms with Gasteiger partial charge in [-0.25, -0.2) is 14.3 Å². The third-order valence-electron chi connectivity index (χ3n) is 4.67. The number of carbonyl (C=O) groups excluding carboxylic acids is 1. The van der Waals surface area contributed by atoms with Gasteiger partial charge in [0.15, 0.2) is 11.3 Å². The molecule has 1 saturated carbocycles. The number of amides is 1. The van der Waals surface area contributed by atoms with E-state index in [0.29, 0.717) is 18.5 Å². The highest BCUT2D eigenvalue weighted by atomic mass is 32.1. The van der Waals surface area contributed by atoms with E-state index in [1.54, 1.807) is 10.6 Å². The first-order valence-electron chi connectivity index (χ1n) is 8.39. The maximum atomic E-state index is 13.2. The van der Waals surface area contributed by atoms with Crippen molar-refractivity contribution in [1.82, 2.24) is 24.1 Å². The number of fused-ring (bicyclic) bond motifs is 1. The quantitative estimate of drug-likeness (QED) is 0.734. The molecule has 6 nitrogen and oxygen atoms in total. The van der Waals surface area contributed by atoms with Crippen molar-refractivity contribution < 1.29 is 18.0 Å². The lowest BCUT2D eigenvalue weighted by Gasteiger charge is -2.20. The highest BCUT2D eigenvalue weighted by Crippen LogP contribution is 2.40. The average Bonchev–Trinajstić information content (AvgIpc) is 3.17. The van der Waals surface area contributed by atoms with Crippen LogP contribution in [0.1, 0.15) is 33.9 Å². The number of imidazole rings is 1. The molecule has 1 aliphatic carbocycles. The Morgan fingerprint density at radius 2 is 2.11 bits per heavy atom. The zero-order chi connectivity index (χ0) is 19.3. The minimum absolute atomic E-state index is 0.115. The van der Waals surface area contributed by atoms with Gasteiger partial charge in [0.1, 0.15) is 12.4 Å². The van der Waals surface area contributed by atoms with E-state index in [0.717, 1.165) is 16.1 Å². The predicted octanol–water partition coefficient (Wildman–Crippen LogP) is 3.54. The fourth-order valence-corrected chi connectivity index (χ4v) is 3.64. The third-order valence-corrected chi connectivity index (χ3v) is 5.37. The van der Waals surface area contributed by atoms with Gasteiger partial charge in [0, 0.05) is 16.1 Å². The van der Waals surface area contributed by atoms with Gasteiger partial charge < -0.3 is 5.32 Å². The Labute approximate surface area is 156 Å². The average molecular weight is 395 g/mol. The molecule has 1 N–H and O–H groups in total. The lowest BCUT2D eigenvalue weighted by atomic mass is 10.1. The van der Waals surface area contributed by atoms with Crippen molar-refractivity contribution >= 4 is 23.1 Å². The number of carbonyl (C=O) groups is 1. The molecule has 3 aromatic heterocycles. The molecule has 0 aromatic carbocycles. The summed E-state index contributed by atoms with van der Waals surface area (Å²) in [6.07, 6.45) is -0.489. The topological polar surface area (TPSA) is 72.2 Å². The summed E-state index contributed by atoms with van der Waals surface area (Å²) in [5.74, 6) is -1.43. The van der Waals surface area contributed by atoms with E-state index in [1.165, 1.54) is 17.9 Å². The number of halogens is 3. The van der Waals surface area contributed by atoms with Gasteiger partial charge in [0.2, 0.25) is 0 Å². The van der Waals surface area contributed by atoms with Crippen LogP contribution in [0, 0.1) is 19.8 Å². The van der Waals surface area contributed by atoms with E-state index < -0.39 is 24.0 Å². The molecular formula is C17H16F3N5OS. The summed E-state index contributed by atoms with van der Waals surface area (Å²) in [6, 6.07) is -0.0233. The van der Waals surface area contributed by atoms with Crippen LogP contribution in [0.3, 0.4) is 0 Å². The van der Waals surface area contributed by atoms with E-state index >= 15 is 0 Å². The van der Waals surface area contributed by atoms with Crippen LogP contribution >= 0.6 is 11.5 Å². The van der Waals surface area contributed by atoms with Crippen LogP contribution < -0.4 is 5.32 Å². The first kappa shape index (κ1) is 17.9. The maximum Gasteiger partial charge on any atom is 0.408 e. The van der Waals surface area contributed by atoms with Crippen molar-refractivity contribution in [2.24, 2.45) is 5.92 Å². The third kappa shape index (κ3) is 3.29. The molecule has 3 heterocycles. The molecular weight excluding hydrogens is 379 g/mol. The smallest absolute Gasteiger partial charge is 0.339 e. The Morgan fingerprint density at radius 3 is 2.70 bits per heavy atom. The molecule has 0 bridgehead atoms. The Bertz CT molecular complexity index is 1020. The molecule has 27 heavy (non-hydrogen) atoms. The minimum atomic E-state index is -4.49. The van der Waals surface area contributed by atoms with Gasteiger partial charge in [0.25, 0.3) is 5.91 Å². The Hall–Kier alpha value is -2.49. The Balaban J connectivity index is 1.72. The SMILES string of the molecule is Cc1sncc1-c1cc(C)n2cnc(C(=O)N[C@H](C3CC3)C(F)(F)F)c2n1. The minimum Gasteiger partial charge on any atom is -0.339 e. The Kier molecular flexibility index (Phi) is 4.17. The lowest BCUT2D eigenvalue weighted by Crippen LogP contribution is -2.47. The second-order valence-corrected chi connectivity index (χ2v) is 7.70. The molecule has 1 amide bonds. The molecule has 142 valence electrons. The molecule has 0 radical (unpaired) electrons. The van der Waals surface area contributed by atoms with Crippen LogP contribution in [0.4, 0.5) is 13.2 Å². The van der Waals surface area contributed by atoms with Crippen LogP contribution in [0.25, 0.3) is 16.9 Å². The van der Waals surface area contributed by atoms with Crippen molar-refractivity contribution in [3.63, 3.8) is 0 Å². The van der Waals surface area contributed by atoms with E-state index in [2.05, 4.69) is 19.7 Å². The molecule has 1 fully saturated rings. The van der Waals surface area contributed by atoms with E-state index in [9.17, 15) is 18.0 Å². The van der Waals surface area contributed by atoms with Gasteiger partial charge in [-0.05, 0) is 50.2 Å². The van der Waals surface area contributed by atoms with E-state index in [4.69, 9.17) is 0 Å². The van der Waals surface area contributed by atoms with Crippen LogP contribution in [0.2, 0.25) is 0 Å². The molecule has 0 unspecified atom stereocenters. The number of aromatic nitrogens is 4. The van der Waals surface area contributed by atoms with Gasteiger partial charge in [0.05, 0.1) is 11.9 Å². The summed E-state index contributed by atoms with van der Waals surface area (Å²) in [7, 11) is 0.